The Hall–Kier alpha value is -2.30. The number of nitrogens with one attached hydrogen (secondary N) is 1. The van der Waals surface area contributed by atoms with E-state index < -0.39 is 0 Å². The molecular formula is C13H15N5. The standard InChI is InChI=1S/C13H15N5/c1-9-5-4-6-12(15-9)8-14-18-13-16-10(2)7-11(3)17-13/h4-8H,1-3H3,(H,16,17,18)/b14-8+. The van der Waals surface area contributed by atoms with Gasteiger partial charge in [-0.05, 0) is 39.0 Å². The van der Waals surface area contributed by atoms with Gasteiger partial charge in [0.1, 0.15) is 0 Å². The molecule has 0 radical (unpaired) electrons. The molecule has 2 rings (SSSR count). The molecule has 0 bridgehead atoms. The SMILES string of the molecule is Cc1cccc(/C=N/Nc2nc(C)cc(C)n2)n1. The van der Waals surface area contributed by atoms with E-state index in [-0.39, 0.29) is 0 Å². The van der Waals surface area contributed by atoms with Crippen LogP contribution >= 0.6 is 0 Å². The van der Waals surface area contributed by atoms with Crippen LogP contribution in [0.3, 0.4) is 0 Å². The van der Waals surface area contributed by atoms with Crippen molar-refractivity contribution in [1.29, 1.82) is 0 Å². The molecule has 2 aromatic heterocycles. The van der Waals surface area contributed by atoms with Crippen molar-refractivity contribution in [3.05, 3.63) is 47.0 Å². The molecule has 0 saturated carbocycles. The van der Waals surface area contributed by atoms with Gasteiger partial charge in [0.25, 0.3) is 0 Å². The molecule has 0 atom stereocenters. The third kappa shape index (κ3) is 3.35. The van der Waals surface area contributed by atoms with Crippen LogP contribution in [0, 0.1) is 20.8 Å². The molecule has 18 heavy (non-hydrogen) atoms. The Labute approximate surface area is 106 Å². The van der Waals surface area contributed by atoms with E-state index in [1.807, 2.05) is 45.0 Å². The summed E-state index contributed by atoms with van der Waals surface area (Å²) < 4.78 is 0. The molecular weight excluding hydrogens is 226 g/mol. The largest absolute Gasteiger partial charge is 0.252 e. The highest BCUT2D eigenvalue weighted by molar-refractivity contribution is 5.77. The zero-order valence-corrected chi connectivity index (χ0v) is 10.7. The Morgan fingerprint density at radius 3 is 2.39 bits per heavy atom. The van der Waals surface area contributed by atoms with Crippen molar-refractivity contribution >= 4 is 12.2 Å². The smallest absolute Gasteiger partial charge is 0.243 e. The summed E-state index contributed by atoms with van der Waals surface area (Å²) in [6.07, 6.45) is 1.65. The van der Waals surface area contributed by atoms with E-state index in [1.54, 1.807) is 6.21 Å². The van der Waals surface area contributed by atoms with Crippen molar-refractivity contribution in [2.45, 2.75) is 20.8 Å². The molecule has 5 heteroatoms. The number of anilines is 1. The maximum absolute atomic E-state index is 4.31. The van der Waals surface area contributed by atoms with E-state index >= 15 is 0 Å². The molecule has 0 aromatic carbocycles. The number of rotatable bonds is 3. The second-order valence-corrected chi connectivity index (χ2v) is 4.05. The molecule has 5 nitrogen and oxygen atoms in total. The molecule has 0 fully saturated rings. The van der Waals surface area contributed by atoms with E-state index in [0.29, 0.717) is 5.95 Å². The van der Waals surface area contributed by atoms with Crippen LogP contribution in [-0.2, 0) is 0 Å². The predicted molar refractivity (Wildman–Crippen MR) is 71.7 cm³/mol. The Morgan fingerprint density at radius 2 is 1.72 bits per heavy atom. The van der Waals surface area contributed by atoms with Gasteiger partial charge in [-0.25, -0.2) is 15.4 Å². The molecule has 2 aromatic rings. The predicted octanol–water partition coefficient (Wildman–Crippen LogP) is 2.24. The summed E-state index contributed by atoms with van der Waals surface area (Å²) >= 11 is 0. The van der Waals surface area contributed by atoms with Crippen LogP contribution in [0.25, 0.3) is 0 Å². The fraction of sp³-hybridized carbons (Fsp3) is 0.231. The average Bonchev–Trinajstić information content (AvgIpc) is 2.27. The third-order valence-electron chi connectivity index (χ3n) is 2.25. The first-order chi connectivity index (χ1) is 8.63. The minimum Gasteiger partial charge on any atom is -0.252 e. The maximum atomic E-state index is 4.31. The van der Waals surface area contributed by atoms with Gasteiger partial charge in [0.15, 0.2) is 0 Å². The number of hydrogen-bond donors (Lipinski definition) is 1. The van der Waals surface area contributed by atoms with Crippen LogP contribution in [-0.4, -0.2) is 21.2 Å². The number of pyridine rings is 1. The van der Waals surface area contributed by atoms with Gasteiger partial charge in [-0.3, -0.25) is 4.98 Å². The first kappa shape index (κ1) is 12.2. The average molecular weight is 241 g/mol. The van der Waals surface area contributed by atoms with Crippen molar-refractivity contribution in [2.75, 3.05) is 5.43 Å². The number of hydrazone groups is 1. The molecule has 1 N–H and O–H groups in total. The minimum atomic E-state index is 0.497. The normalized spacial score (nSPS) is 10.8. The number of nitrogens with zero attached hydrogens (tertiary/aromatic N) is 4. The van der Waals surface area contributed by atoms with Crippen LogP contribution in [0.15, 0.2) is 29.4 Å². The molecule has 0 unspecified atom stereocenters. The zero-order chi connectivity index (χ0) is 13.0. The van der Waals surface area contributed by atoms with Crippen LogP contribution in [0.1, 0.15) is 22.8 Å². The van der Waals surface area contributed by atoms with Crippen molar-refractivity contribution in [3.63, 3.8) is 0 Å². The molecule has 0 saturated heterocycles. The van der Waals surface area contributed by atoms with Gasteiger partial charge < -0.3 is 0 Å². The fourth-order valence-electron chi connectivity index (χ4n) is 1.57. The molecule has 0 aliphatic carbocycles. The van der Waals surface area contributed by atoms with Gasteiger partial charge >= 0.3 is 0 Å². The second kappa shape index (κ2) is 5.35. The fourth-order valence-corrected chi connectivity index (χ4v) is 1.57. The van der Waals surface area contributed by atoms with Crippen molar-refractivity contribution in [2.24, 2.45) is 5.10 Å². The van der Waals surface area contributed by atoms with Crippen LogP contribution in [0.5, 0.6) is 0 Å². The minimum absolute atomic E-state index is 0.497. The molecule has 2 heterocycles. The third-order valence-corrected chi connectivity index (χ3v) is 2.25. The van der Waals surface area contributed by atoms with Crippen molar-refractivity contribution in [3.8, 4) is 0 Å². The van der Waals surface area contributed by atoms with Crippen molar-refractivity contribution < 1.29 is 0 Å². The number of aryl methyl sites for hydroxylation is 3. The van der Waals surface area contributed by atoms with E-state index in [9.17, 15) is 0 Å². The van der Waals surface area contributed by atoms with Crippen LogP contribution in [0.4, 0.5) is 5.95 Å². The first-order valence-corrected chi connectivity index (χ1v) is 5.68. The first-order valence-electron chi connectivity index (χ1n) is 5.68. The Bertz CT molecular complexity index is 557. The summed E-state index contributed by atoms with van der Waals surface area (Å²) in [6, 6.07) is 7.69. The van der Waals surface area contributed by atoms with E-state index in [0.717, 1.165) is 22.8 Å². The van der Waals surface area contributed by atoms with Gasteiger partial charge in [0.05, 0.1) is 11.9 Å². The zero-order valence-electron chi connectivity index (χ0n) is 10.7. The highest BCUT2D eigenvalue weighted by Gasteiger charge is 1.97. The number of hydrogen-bond acceptors (Lipinski definition) is 5. The Morgan fingerprint density at radius 1 is 1.00 bits per heavy atom. The maximum Gasteiger partial charge on any atom is 0.243 e. The summed E-state index contributed by atoms with van der Waals surface area (Å²) in [5.41, 5.74) is 6.38. The molecule has 0 amide bonds. The van der Waals surface area contributed by atoms with E-state index in [4.69, 9.17) is 0 Å². The summed E-state index contributed by atoms with van der Waals surface area (Å²) in [5, 5.41) is 4.07. The Kier molecular flexibility index (Phi) is 3.62. The summed E-state index contributed by atoms with van der Waals surface area (Å²) in [4.78, 5) is 12.8. The van der Waals surface area contributed by atoms with Crippen LogP contribution in [0.2, 0.25) is 0 Å². The lowest BCUT2D eigenvalue weighted by atomic mass is 10.3. The summed E-state index contributed by atoms with van der Waals surface area (Å²) in [5.74, 6) is 0.497. The highest BCUT2D eigenvalue weighted by Crippen LogP contribution is 2.03. The lowest BCUT2D eigenvalue weighted by Crippen LogP contribution is -2.00. The summed E-state index contributed by atoms with van der Waals surface area (Å²) in [7, 11) is 0. The molecule has 92 valence electrons. The van der Waals surface area contributed by atoms with E-state index in [1.165, 1.54) is 0 Å². The van der Waals surface area contributed by atoms with Gasteiger partial charge in [-0.2, -0.15) is 5.10 Å². The lowest BCUT2D eigenvalue weighted by Gasteiger charge is -2.01. The van der Waals surface area contributed by atoms with Gasteiger partial charge in [0.2, 0.25) is 5.95 Å². The lowest BCUT2D eigenvalue weighted by molar-refractivity contribution is 1.03. The summed E-state index contributed by atoms with van der Waals surface area (Å²) in [6.45, 7) is 5.79. The second-order valence-electron chi connectivity index (χ2n) is 4.05. The molecule has 0 aliphatic rings. The molecule has 0 aliphatic heterocycles. The van der Waals surface area contributed by atoms with Gasteiger partial charge in [-0.1, -0.05) is 6.07 Å². The topological polar surface area (TPSA) is 63.1 Å². The Balaban J connectivity index is 2.07. The molecule has 0 spiro atoms. The highest BCUT2D eigenvalue weighted by atomic mass is 15.3. The van der Waals surface area contributed by atoms with Gasteiger partial charge in [-0.15, -0.1) is 0 Å². The van der Waals surface area contributed by atoms with Crippen LogP contribution < -0.4 is 5.43 Å². The van der Waals surface area contributed by atoms with E-state index in [2.05, 4.69) is 25.5 Å². The van der Waals surface area contributed by atoms with Gasteiger partial charge in [0, 0.05) is 17.1 Å². The quantitative estimate of drug-likeness (QED) is 0.661. The monoisotopic (exact) mass is 241 g/mol. The van der Waals surface area contributed by atoms with Crippen molar-refractivity contribution in [1.82, 2.24) is 15.0 Å². The number of aromatic nitrogens is 3.